The molecule has 0 aliphatic carbocycles. The zero-order valence-corrected chi connectivity index (χ0v) is 13.4. The number of benzene rings is 1. The van der Waals surface area contributed by atoms with Gasteiger partial charge in [0, 0.05) is 0 Å². The Hall–Kier alpha value is -1.89. The third-order valence-corrected chi connectivity index (χ3v) is 4.75. The van der Waals surface area contributed by atoms with Gasteiger partial charge in [-0.25, -0.2) is 4.79 Å². The van der Waals surface area contributed by atoms with Crippen LogP contribution in [0.25, 0.3) is 0 Å². The molecule has 0 atom stereocenters. The Kier molecular flexibility index (Phi) is 5.18. The standard InChI is InChI=1S/C15H19NO5S/c1-20-10-3-4-12(21-2)11(9-10)13(17)16-15(14(18)19)5-7-22-8-6-15/h3-4,9H,5-8H2,1-2H3,(H,16,17)(H,18,19). The van der Waals surface area contributed by atoms with Gasteiger partial charge in [-0.1, -0.05) is 0 Å². The molecule has 1 heterocycles. The fourth-order valence-corrected chi connectivity index (χ4v) is 3.58. The van der Waals surface area contributed by atoms with Crippen LogP contribution in [0.1, 0.15) is 23.2 Å². The van der Waals surface area contributed by atoms with Crippen LogP contribution in [-0.2, 0) is 4.79 Å². The summed E-state index contributed by atoms with van der Waals surface area (Å²) >= 11 is 1.69. The van der Waals surface area contributed by atoms with Gasteiger partial charge in [-0.05, 0) is 42.5 Å². The van der Waals surface area contributed by atoms with Crippen LogP contribution in [0.5, 0.6) is 11.5 Å². The molecule has 120 valence electrons. The van der Waals surface area contributed by atoms with Crippen molar-refractivity contribution in [2.24, 2.45) is 0 Å². The second-order valence-corrected chi connectivity index (χ2v) is 6.24. The van der Waals surface area contributed by atoms with E-state index in [1.54, 1.807) is 30.0 Å². The molecule has 2 N–H and O–H groups in total. The van der Waals surface area contributed by atoms with Crippen LogP contribution in [0.3, 0.4) is 0 Å². The summed E-state index contributed by atoms with van der Waals surface area (Å²) in [5, 5.41) is 12.2. The molecule has 1 saturated heterocycles. The highest BCUT2D eigenvalue weighted by Crippen LogP contribution is 2.29. The molecule has 7 heteroatoms. The van der Waals surface area contributed by atoms with Gasteiger partial charge in [-0.3, -0.25) is 4.79 Å². The fraction of sp³-hybridized carbons (Fsp3) is 0.467. The molecule has 1 aliphatic rings. The smallest absolute Gasteiger partial charge is 0.329 e. The number of methoxy groups -OCH3 is 2. The highest BCUT2D eigenvalue weighted by atomic mass is 32.2. The molecule has 6 nitrogen and oxygen atoms in total. The van der Waals surface area contributed by atoms with Crippen molar-refractivity contribution in [2.75, 3.05) is 25.7 Å². The van der Waals surface area contributed by atoms with E-state index in [0.717, 1.165) is 0 Å². The van der Waals surface area contributed by atoms with Gasteiger partial charge in [-0.15, -0.1) is 0 Å². The largest absolute Gasteiger partial charge is 0.497 e. The Labute approximate surface area is 133 Å². The predicted molar refractivity (Wildman–Crippen MR) is 83.9 cm³/mol. The van der Waals surface area contributed by atoms with Gasteiger partial charge in [0.05, 0.1) is 19.8 Å². The molecule has 0 radical (unpaired) electrons. The summed E-state index contributed by atoms with van der Waals surface area (Å²) in [6, 6.07) is 4.85. The average molecular weight is 325 g/mol. The van der Waals surface area contributed by atoms with Crippen LogP contribution in [0.15, 0.2) is 18.2 Å². The Morgan fingerprint density at radius 2 is 1.91 bits per heavy atom. The summed E-state index contributed by atoms with van der Waals surface area (Å²) in [6.07, 6.45) is 0.816. The molecule has 1 aromatic rings. The monoisotopic (exact) mass is 325 g/mol. The van der Waals surface area contributed by atoms with Gasteiger partial charge in [-0.2, -0.15) is 11.8 Å². The Morgan fingerprint density at radius 3 is 2.45 bits per heavy atom. The Morgan fingerprint density at radius 1 is 1.23 bits per heavy atom. The Bertz CT molecular complexity index is 569. The highest BCUT2D eigenvalue weighted by molar-refractivity contribution is 7.99. The van der Waals surface area contributed by atoms with Crippen LogP contribution in [0.2, 0.25) is 0 Å². The van der Waals surface area contributed by atoms with Crippen LogP contribution < -0.4 is 14.8 Å². The fourth-order valence-electron chi connectivity index (χ4n) is 2.39. The topological polar surface area (TPSA) is 84.9 Å². The zero-order chi connectivity index (χ0) is 16.2. The molecule has 1 amide bonds. The number of nitrogens with one attached hydrogen (secondary N) is 1. The van der Waals surface area contributed by atoms with Crippen LogP contribution in [-0.4, -0.2) is 48.2 Å². The van der Waals surface area contributed by atoms with Crippen molar-refractivity contribution in [3.63, 3.8) is 0 Å². The second kappa shape index (κ2) is 6.91. The van der Waals surface area contributed by atoms with E-state index in [1.807, 2.05) is 0 Å². The first kappa shape index (κ1) is 16.5. The van der Waals surface area contributed by atoms with Gasteiger partial charge >= 0.3 is 5.97 Å². The SMILES string of the molecule is COc1ccc(OC)c(C(=O)NC2(C(=O)O)CCSCC2)c1. The van der Waals surface area contributed by atoms with Crippen LogP contribution >= 0.6 is 11.8 Å². The molecule has 0 bridgehead atoms. The molecule has 1 fully saturated rings. The maximum atomic E-state index is 12.6. The maximum Gasteiger partial charge on any atom is 0.329 e. The number of amides is 1. The number of rotatable bonds is 5. The van der Waals surface area contributed by atoms with Crippen molar-refractivity contribution in [3.8, 4) is 11.5 Å². The number of ether oxygens (including phenoxy) is 2. The number of carboxylic acids is 1. The summed E-state index contributed by atoms with van der Waals surface area (Å²) in [7, 11) is 2.96. The van der Waals surface area contributed by atoms with Gasteiger partial charge in [0.15, 0.2) is 0 Å². The maximum absolute atomic E-state index is 12.6. The number of carbonyl (C=O) groups excluding carboxylic acids is 1. The first-order valence-corrected chi connectivity index (χ1v) is 8.03. The second-order valence-electron chi connectivity index (χ2n) is 5.02. The third kappa shape index (κ3) is 3.30. The summed E-state index contributed by atoms with van der Waals surface area (Å²) in [5.74, 6) is 0.843. The minimum absolute atomic E-state index is 0.265. The van der Waals surface area contributed by atoms with Crippen molar-refractivity contribution >= 4 is 23.6 Å². The van der Waals surface area contributed by atoms with E-state index in [9.17, 15) is 14.7 Å². The summed E-state index contributed by atoms with van der Waals surface area (Å²) in [5.41, 5.74) is -0.947. The van der Waals surface area contributed by atoms with Crippen molar-refractivity contribution in [1.82, 2.24) is 5.32 Å². The molecule has 22 heavy (non-hydrogen) atoms. The van der Waals surface area contributed by atoms with Gasteiger partial charge in [0.25, 0.3) is 5.91 Å². The normalized spacial score (nSPS) is 16.6. The molecule has 1 aliphatic heterocycles. The minimum Gasteiger partial charge on any atom is -0.497 e. The van der Waals surface area contributed by atoms with Crippen molar-refractivity contribution < 1.29 is 24.2 Å². The first-order chi connectivity index (χ1) is 10.5. The van der Waals surface area contributed by atoms with E-state index >= 15 is 0 Å². The Balaban J connectivity index is 2.29. The molecule has 0 spiro atoms. The van der Waals surface area contributed by atoms with E-state index in [-0.39, 0.29) is 5.56 Å². The lowest BCUT2D eigenvalue weighted by molar-refractivity contribution is -0.144. The lowest BCUT2D eigenvalue weighted by Crippen LogP contribution is -2.56. The van der Waals surface area contributed by atoms with Crippen molar-refractivity contribution in [1.29, 1.82) is 0 Å². The molecular formula is C15H19NO5S. The van der Waals surface area contributed by atoms with E-state index < -0.39 is 17.4 Å². The number of aliphatic carboxylic acids is 1. The molecule has 0 unspecified atom stereocenters. The summed E-state index contributed by atoms with van der Waals surface area (Å²) in [4.78, 5) is 24.2. The van der Waals surface area contributed by atoms with E-state index in [2.05, 4.69) is 5.32 Å². The number of hydrogen-bond acceptors (Lipinski definition) is 5. The highest BCUT2D eigenvalue weighted by Gasteiger charge is 2.41. The summed E-state index contributed by atoms with van der Waals surface area (Å²) < 4.78 is 10.3. The van der Waals surface area contributed by atoms with Crippen LogP contribution in [0, 0.1) is 0 Å². The van der Waals surface area contributed by atoms with Crippen molar-refractivity contribution in [2.45, 2.75) is 18.4 Å². The predicted octanol–water partition coefficient (Wildman–Crippen LogP) is 1.78. The lowest BCUT2D eigenvalue weighted by Gasteiger charge is -2.33. The van der Waals surface area contributed by atoms with Crippen LogP contribution in [0.4, 0.5) is 0 Å². The van der Waals surface area contributed by atoms with Gasteiger partial charge in [0.2, 0.25) is 0 Å². The van der Waals surface area contributed by atoms with Gasteiger partial charge < -0.3 is 19.9 Å². The first-order valence-electron chi connectivity index (χ1n) is 6.88. The lowest BCUT2D eigenvalue weighted by atomic mass is 9.91. The van der Waals surface area contributed by atoms with Gasteiger partial charge in [0.1, 0.15) is 17.0 Å². The molecule has 0 aromatic heterocycles. The number of carbonyl (C=O) groups is 2. The molecule has 1 aromatic carbocycles. The van der Waals surface area contributed by atoms with E-state index in [1.165, 1.54) is 14.2 Å². The minimum atomic E-state index is -1.21. The average Bonchev–Trinajstić information content (AvgIpc) is 2.54. The zero-order valence-electron chi connectivity index (χ0n) is 12.5. The molecular weight excluding hydrogens is 306 g/mol. The third-order valence-electron chi connectivity index (χ3n) is 3.76. The molecule has 2 rings (SSSR count). The van der Waals surface area contributed by atoms with E-state index in [4.69, 9.17) is 9.47 Å². The quantitative estimate of drug-likeness (QED) is 0.858. The van der Waals surface area contributed by atoms with Crippen molar-refractivity contribution in [3.05, 3.63) is 23.8 Å². The number of thioether (sulfide) groups is 1. The molecule has 0 saturated carbocycles. The van der Waals surface area contributed by atoms with E-state index in [0.29, 0.717) is 35.8 Å². The number of carboxylic acid groups (broad SMARTS) is 1. The summed E-state index contributed by atoms with van der Waals surface area (Å²) in [6.45, 7) is 0. The number of hydrogen-bond donors (Lipinski definition) is 2.